The average Bonchev–Trinajstić information content (AvgIpc) is 2.34. The first-order valence-corrected chi connectivity index (χ1v) is 6.20. The van der Waals surface area contributed by atoms with Gasteiger partial charge in [0.1, 0.15) is 6.10 Å². The van der Waals surface area contributed by atoms with E-state index in [1.165, 1.54) is 0 Å². The summed E-state index contributed by atoms with van der Waals surface area (Å²) in [6.45, 7) is 3.77. The lowest BCUT2D eigenvalue weighted by molar-refractivity contribution is -0.275. The van der Waals surface area contributed by atoms with Crippen LogP contribution in [0.3, 0.4) is 0 Å². The van der Waals surface area contributed by atoms with E-state index < -0.39 is 24.1 Å². The molecule has 1 aromatic carbocycles. The van der Waals surface area contributed by atoms with E-state index in [0.717, 1.165) is 5.56 Å². The highest BCUT2D eigenvalue weighted by Gasteiger charge is 2.43. The van der Waals surface area contributed by atoms with E-state index >= 15 is 0 Å². The van der Waals surface area contributed by atoms with E-state index in [4.69, 9.17) is 9.47 Å². The molecule has 1 aromatic rings. The maximum Gasteiger partial charge on any atom is 0.161 e. The van der Waals surface area contributed by atoms with Gasteiger partial charge in [0.25, 0.3) is 0 Å². The summed E-state index contributed by atoms with van der Waals surface area (Å²) in [6.07, 6.45) is -1.53. The molecular weight excluding hydrogens is 232 g/mol. The smallest absolute Gasteiger partial charge is 0.161 e. The van der Waals surface area contributed by atoms with Crippen molar-refractivity contribution < 1.29 is 19.7 Å². The first kappa shape index (κ1) is 13.5. The van der Waals surface area contributed by atoms with Crippen molar-refractivity contribution in [2.45, 2.75) is 51.0 Å². The van der Waals surface area contributed by atoms with E-state index in [9.17, 15) is 10.2 Å². The van der Waals surface area contributed by atoms with Crippen LogP contribution < -0.4 is 0 Å². The molecule has 100 valence electrons. The fourth-order valence-corrected chi connectivity index (χ4v) is 2.19. The molecule has 1 aliphatic rings. The van der Waals surface area contributed by atoms with Gasteiger partial charge in [0, 0.05) is 6.42 Å². The fourth-order valence-electron chi connectivity index (χ4n) is 2.19. The average molecular weight is 252 g/mol. The first-order chi connectivity index (χ1) is 8.49. The Kier molecular flexibility index (Phi) is 4.02. The highest BCUT2D eigenvalue weighted by Crippen LogP contribution is 2.29. The Hall–Kier alpha value is -0.940. The van der Waals surface area contributed by atoms with Crippen molar-refractivity contribution in [1.82, 2.24) is 0 Å². The fraction of sp³-hybridized carbons (Fsp3) is 0.571. The van der Waals surface area contributed by atoms with E-state index in [2.05, 4.69) is 0 Å². The van der Waals surface area contributed by atoms with Gasteiger partial charge in [0.15, 0.2) is 6.29 Å². The Bertz CT molecular complexity index is 377. The van der Waals surface area contributed by atoms with Crippen molar-refractivity contribution >= 4 is 0 Å². The Labute approximate surface area is 107 Å². The van der Waals surface area contributed by atoms with E-state index in [0.29, 0.717) is 6.61 Å². The molecule has 1 heterocycles. The molecule has 4 atom stereocenters. The largest absolute Gasteiger partial charge is 0.387 e. The van der Waals surface area contributed by atoms with Gasteiger partial charge in [0.05, 0.1) is 18.3 Å². The van der Waals surface area contributed by atoms with Crippen LogP contribution in [0.4, 0.5) is 0 Å². The zero-order valence-electron chi connectivity index (χ0n) is 10.7. The van der Waals surface area contributed by atoms with Gasteiger partial charge < -0.3 is 19.7 Å². The number of hydrogen-bond acceptors (Lipinski definition) is 4. The van der Waals surface area contributed by atoms with Crippen LogP contribution >= 0.6 is 0 Å². The molecule has 18 heavy (non-hydrogen) atoms. The van der Waals surface area contributed by atoms with Gasteiger partial charge in [-0.2, -0.15) is 0 Å². The maximum absolute atomic E-state index is 10.1. The third kappa shape index (κ3) is 3.09. The predicted molar refractivity (Wildman–Crippen MR) is 66.8 cm³/mol. The molecule has 1 aliphatic heterocycles. The Morgan fingerprint density at radius 3 is 2.67 bits per heavy atom. The molecule has 1 saturated heterocycles. The molecule has 0 aliphatic carbocycles. The summed E-state index contributed by atoms with van der Waals surface area (Å²) in [6, 6.07) is 9.79. The highest BCUT2D eigenvalue weighted by atomic mass is 16.7. The lowest BCUT2D eigenvalue weighted by Crippen LogP contribution is -2.55. The Morgan fingerprint density at radius 1 is 1.39 bits per heavy atom. The van der Waals surface area contributed by atoms with E-state index in [-0.39, 0.29) is 6.42 Å². The van der Waals surface area contributed by atoms with Crippen LogP contribution in [0.15, 0.2) is 30.3 Å². The van der Waals surface area contributed by atoms with Gasteiger partial charge in [-0.1, -0.05) is 30.3 Å². The van der Waals surface area contributed by atoms with Crippen LogP contribution in [0.5, 0.6) is 0 Å². The monoisotopic (exact) mass is 252 g/mol. The van der Waals surface area contributed by atoms with Gasteiger partial charge in [-0.05, 0) is 19.4 Å². The second kappa shape index (κ2) is 5.36. The third-order valence-electron chi connectivity index (χ3n) is 3.31. The quantitative estimate of drug-likeness (QED) is 0.855. The van der Waals surface area contributed by atoms with Gasteiger partial charge in [-0.3, -0.25) is 0 Å². The molecule has 4 heteroatoms. The van der Waals surface area contributed by atoms with Crippen LogP contribution in [-0.2, 0) is 16.1 Å². The van der Waals surface area contributed by atoms with Gasteiger partial charge in [0.2, 0.25) is 0 Å². The number of benzene rings is 1. The standard InChI is InChI=1S/C14H20O4/c1-10-13(15)14(2,16)8-12(18-10)17-9-11-6-4-3-5-7-11/h3-7,10,12-13,15-16H,8-9H2,1-2H3/t10-,12+,13-,14-/m0/s1. The first-order valence-electron chi connectivity index (χ1n) is 6.20. The van der Waals surface area contributed by atoms with E-state index in [1.54, 1.807) is 13.8 Å². The van der Waals surface area contributed by atoms with Gasteiger partial charge in [-0.25, -0.2) is 0 Å². The third-order valence-corrected chi connectivity index (χ3v) is 3.31. The minimum absolute atomic E-state index is 0.269. The topological polar surface area (TPSA) is 58.9 Å². The van der Waals surface area contributed by atoms with Gasteiger partial charge >= 0.3 is 0 Å². The molecule has 1 fully saturated rings. The highest BCUT2D eigenvalue weighted by molar-refractivity contribution is 5.13. The zero-order chi connectivity index (χ0) is 13.2. The molecule has 0 saturated carbocycles. The molecule has 0 unspecified atom stereocenters. The SMILES string of the molecule is C[C@@H]1O[C@@H](OCc2ccccc2)C[C@](C)(O)[C@H]1O. The summed E-state index contributed by atoms with van der Waals surface area (Å²) in [7, 11) is 0. The summed E-state index contributed by atoms with van der Waals surface area (Å²) in [5, 5.41) is 19.8. The summed E-state index contributed by atoms with van der Waals surface area (Å²) >= 11 is 0. The van der Waals surface area contributed by atoms with Crippen molar-refractivity contribution in [3.63, 3.8) is 0 Å². The molecule has 4 nitrogen and oxygen atoms in total. The summed E-state index contributed by atoms with van der Waals surface area (Å²) < 4.78 is 11.2. The molecular formula is C14H20O4. The van der Waals surface area contributed by atoms with Crippen molar-refractivity contribution in [2.24, 2.45) is 0 Å². The van der Waals surface area contributed by atoms with Crippen molar-refractivity contribution in [2.75, 3.05) is 0 Å². The lowest BCUT2D eigenvalue weighted by atomic mass is 9.89. The minimum Gasteiger partial charge on any atom is -0.387 e. The molecule has 0 aromatic heterocycles. The van der Waals surface area contributed by atoms with Crippen LogP contribution in [0.1, 0.15) is 25.8 Å². The zero-order valence-corrected chi connectivity index (χ0v) is 10.7. The van der Waals surface area contributed by atoms with Crippen molar-refractivity contribution in [3.8, 4) is 0 Å². The molecule has 0 spiro atoms. The van der Waals surface area contributed by atoms with Crippen LogP contribution in [0.25, 0.3) is 0 Å². The lowest BCUT2D eigenvalue weighted by Gasteiger charge is -2.41. The number of aliphatic hydroxyl groups excluding tert-OH is 1. The van der Waals surface area contributed by atoms with Crippen LogP contribution in [0.2, 0.25) is 0 Å². The number of rotatable bonds is 3. The molecule has 0 bridgehead atoms. The van der Waals surface area contributed by atoms with Crippen LogP contribution in [-0.4, -0.2) is 34.3 Å². The molecule has 2 rings (SSSR count). The minimum atomic E-state index is -1.17. The number of aliphatic hydroxyl groups is 2. The summed E-state index contributed by atoms with van der Waals surface area (Å²) in [5.74, 6) is 0. The van der Waals surface area contributed by atoms with Crippen LogP contribution in [0, 0.1) is 0 Å². The number of ether oxygens (including phenoxy) is 2. The normalized spacial score (nSPS) is 36.6. The van der Waals surface area contributed by atoms with Crippen molar-refractivity contribution in [1.29, 1.82) is 0 Å². The van der Waals surface area contributed by atoms with Gasteiger partial charge in [-0.15, -0.1) is 0 Å². The molecule has 2 N–H and O–H groups in total. The second-order valence-electron chi connectivity index (χ2n) is 5.07. The maximum atomic E-state index is 10.1. The van der Waals surface area contributed by atoms with Crippen molar-refractivity contribution in [3.05, 3.63) is 35.9 Å². The van der Waals surface area contributed by atoms with E-state index in [1.807, 2.05) is 30.3 Å². The molecule has 0 amide bonds. The Balaban J connectivity index is 1.91. The molecule has 0 radical (unpaired) electrons. The summed E-state index contributed by atoms with van der Waals surface area (Å²) in [4.78, 5) is 0. The number of hydrogen-bond donors (Lipinski definition) is 2. The second-order valence-corrected chi connectivity index (χ2v) is 5.07. The predicted octanol–water partition coefficient (Wildman–Crippen LogP) is 1.45. The summed E-state index contributed by atoms with van der Waals surface area (Å²) in [5.41, 5.74) is -0.113. The Morgan fingerprint density at radius 2 is 2.06 bits per heavy atom.